The lowest BCUT2D eigenvalue weighted by molar-refractivity contribution is 0.157. The van der Waals surface area contributed by atoms with Gasteiger partial charge in [0.15, 0.2) is 0 Å². The second-order valence-electron chi connectivity index (χ2n) is 6.62. The molecule has 0 aromatic carbocycles. The molecule has 1 heterocycles. The van der Waals surface area contributed by atoms with Gasteiger partial charge in [-0.3, -0.25) is 0 Å². The van der Waals surface area contributed by atoms with Crippen molar-refractivity contribution < 1.29 is 0 Å². The lowest BCUT2D eigenvalue weighted by Crippen LogP contribution is -2.38. The fourth-order valence-corrected chi connectivity index (χ4v) is 2.57. The average Bonchev–Trinajstić information content (AvgIpc) is 2.24. The van der Waals surface area contributed by atoms with Gasteiger partial charge in [0.25, 0.3) is 0 Å². The molecule has 2 heteroatoms. The van der Waals surface area contributed by atoms with E-state index in [1.54, 1.807) is 0 Å². The molecule has 1 rings (SSSR count). The molecule has 1 saturated heterocycles. The predicted molar refractivity (Wildman–Crippen MR) is 76.5 cm³/mol. The quantitative estimate of drug-likeness (QED) is 0.716. The largest absolute Gasteiger partial charge is 0.312 e. The topological polar surface area (TPSA) is 15.3 Å². The molecule has 0 spiro atoms. The molecule has 1 aliphatic rings. The van der Waals surface area contributed by atoms with E-state index < -0.39 is 0 Å². The second-order valence-corrected chi connectivity index (χ2v) is 6.62. The number of unbranched alkanes of at least 4 members (excludes halogenated alkanes) is 2. The van der Waals surface area contributed by atoms with Gasteiger partial charge < -0.3 is 10.2 Å². The van der Waals surface area contributed by atoms with Crippen molar-refractivity contribution in [2.75, 3.05) is 19.6 Å². The van der Waals surface area contributed by atoms with Gasteiger partial charge in [-0.25, -0.2) is 0 Å². The van der Waals surface area contributed by atoms with Crippen molar-refractivity contribution in [2.24, 2.45) is 0 Å². The van der Waals surface area contributed by atoms with Crippen molar-refractivity contribution in [2.45, 2.75) is 77.8 Å². The van der Waals surface area contributed by atoms with E-state index in [1.165, 1.54) is 58.2 Å². The Hall–Kier alpha value is -0.0800. The van der Waals surface area contributed by atoms with Crippen molar-refractivity contribution >= 4 is 0 Å². The monoisotopic (exact) mass is 240 g/mol. The van der Waals surface area contributed by atoms with Crippen molar-refractivity contribution in [3.8, 4) is 0 Å². The molecule has 1 N–H and O–H groups in total. The Bertz CT molecular complexity index is 196. The fourth-order valence-electron chi connectivity index (χ4n) is 2.57. The number of hydrogen-bond acceptors (Lipinski definition) is 2. The Kier molecular flexibility index (Phi) is 6.50. The molecule has 0 saturated carbocycles. The summed E-state index contributed by atoms with van der Waals surface area (Å²) in [5.41, 5.74) is 0.279. The first kappa shape index (κ1) is 15.0. The highest BCUT2D eigenvalue weighted by Crippen LogP contribution is 2.16. The molecule has 0 aromatic heterocycles. The minimum Gasteiger partial charge on any atom is -0.312 e. The van der Waals surface area contributed by atoms with E-state index in [-0.39, 0.29) is 5.54 Å². The number of hydrogen-bond donors (Lipinski definition) is 1. The number of likely N-dealkylation sites (tertiary alicyclic amines) is 1. The highest BCUT2D eigenvalue weighted by atomic mass is 15.1. The first-order valence-corrected chi connectivity index (χ1v) is 7.48. The van der Waals surface area contributed by atoms with Crippen LogP contribution in [0.5, 0.6) is 0 Å². The Morgan fingerprint density at radius 2 is 1.88 bits per heavy atom. The van der Waals surface area contributed by atoms with Crippen LogP contribution >= 0.6 is 0 Å². The number of rotatable bonds is 6. The lowest BCUT2D eigenvalue weighted by atomic mass is 10.0. The molecule has 1 aliphatic heterocycles. The zero-order chi connectivity index (χ0) is 12.7. The molecule has 0 aromatic rings. The molecule has 102 valence electrons. The third-order valence-electron chi connectivity index (χ3n) is 3.72. The molecule has 0 amide bonds. The van der Waals surface area contributed by atoms with E-state index in [4.69, 9.17) is 0 Å². The lowest BCUT2D eigenvalue weighted by Gasteiger charge is -2.33. The first-order valence-electron chi connectivity index (χ1n) is 7.48. The molecule has 0 bridgehead atoms. The summed E-state index contributed by atoms with van der Waals surface area (Å²) in [6, 6.07) is 0.830. The maximum Gasteiger partial charge on any atom is 0.00965 e. The van der Waals surface area contributed by atoms with E-state index >= 15 is 0 Å². The maximum atomic E-state index is 3.56. The van der Waals surface area contributed by atoms with Gasteiger partial charge in [0.1, 0.15) is 0 Å². The van der Waals surface area contributed by atoms with E-state index in [2.05, 4.69) is 37.9 Å². The van der Waals surface area contributed by atoms with Crippen LogP contribution in [0.15, 0.2) is 0 Å². The van der Waals surface area contributed by atoms with Crippen molar-refractivity contribution in [3.63, 3.8) is 0 Å². The highest BCUT2D eigenvalue weighted by Gasteiger charge is 2.16. The van der Waals surface area contributed by atoms with Gasteiger partial charge in [0, 0.05) is 11.6 Å². The SMILES string of the molecule is CC1CCCCN1CCCCCNC(C)(C)C. The van der Waals surface area contributed by atoms with E-state index in [0.29, 0.717) is 0 Å². The molecule has 1 unspecified atom stereocenters. The van der Waals surface area contributed by atoms with Crippen LogP contribution in [0.4, 0.5) is 0 Å². The molecular formula is C15H32N2. The standard InChI is InChI=1S/C15H32N2/c1-14-10-6-9-13-17(14)12-8-5-7-11-16-15(2,3)4/h14,16H,5-13H2,1-4H3. The second kappa shape index (κ2) is 7.38. The highest BCUT2D eigenvalue weighted by molar-refractivity contribution is 4.73. The minimum absolute atomic E-state index is 0.279. The molecule has 0 radical (unpaired) electrons. The van der Waals surface area contributed by atoms with Crippen LogP contribution in [0, 0.1) is 0 Å². The van der Waals surface area contributed by atoms with Crippen molar-refractivity contribution in [3.05, 3.63) is 0 Å². The summed E-state index contributed by atoms with van der Waals surface area (Å²) < 4.78 is 0. The smallest absolute Gasteiger partial charge is 0.00965 e. The Balaban J connectivity index is 1.96. The maximum absolute atomic E-state index is 3.56. The third-order valence-corrected chi connectivity index (χ3v) is 3.72. The summed E-state index contributed by atoms with van der Waals surface area (Å²) in [5, 5.41) is 3.56. The molecule has 1 fully saturated rings. The van der Waals surface area contributed by atoms with Gasteiger partial charge in [-0.2, -0.15) is 0 Å². The Labute approximate surface area is 108 Å². The van der Waals surface area contributed by atoms with Crippen LogP contribution in [0.1, 0.15) is 66.2 Å². The zero-order valence-corrected chi connectivity index (χ0v) is 12.4. The van der Waals surface area contributed by atoms with E-state index in [1.807, 2.05) is 0 Å². The van der Waals surface area contributed by atoms with Crippen molar-refractivity contribution in [1.29, 1.82) is 0 Å². The summed E-state index contributed by atoms with van der Waals surface area (Å²) in [7, 11) is 0. The van der Waals surface area contributed by atoms with Crippen LogP contribution < -0.4 is 5.32 Å². The summed E-state index contributed by atoms with van der Waals surface area (Å²) in [6.45, 7) is 12.9. The van der Waals surface area contributed by atoms with Gasteiger partial charge in [-0.05, 0) is 73.0 Å². The average molecular weight is 240 g/mol. The third kappa shape index (κ3) is 7.05. The van der Waals surface area contributed by atoms with Gasteiger partial charge in [0.2, 0.25) is 0 Å². The van der Waals surface area contributed by atoms with Crippen LogP contribution in [-0.4, -0.2) is 36.1 Å². The molecule has 0 aliphatic carbocycles. The number of nitrogens with one attached hydrogen (secondary N) is 1. The normalized spacial score (nSPS) is 22.9. The van der Waals surface area contributed by atoms with Crippen LogP contribution in [0.25, 0.3) is 0 Å². The molecule has 17 heavy (non-hydrogen) atoms. The van der Waals surface area contributed by atoms with Crippen molar-refractivity contribution in [1.82, 2.24) is 10.2 Å². The summed E-state index contributed by atoms with van der Waals surface area (Å²) >= 11 is 0. The van der Waals surface area contributed by atoms with Gasteiger partial charge in [0.05, 0.1) is 0 Å². The molecule has 1 atom stereocenters. The fraction of sp³-hybridized carbons (Fsp3) is 1.00. The first-order chi connectivity index (χ1) is 7.99. The van der Waals surface area contributed by atoms with Crippen LogP contribution in [-0.2, 0) is 0 Å². The molecule has 2 nitrogen and oxygen atoms in total. The van der Waals surface area contributed by atoms with Gasteiger partial charge in [-0.15, -0.1) is 0 Å². The van der Waals surface area contributed by atoms with Gasteiger partial charge in [-0.1, -0.05) is 12.8 Å². The minimum atomic E-state index is 0.279. The Morgan fingerprint density at radius 3 is 2.53 bits per heavy atom. The summed E-state index contributed by atoms with van der Waals surface area (Å²) in [6.07, 6.45) is 8.32. The number of nitrogens with zero attached hydrogens (tertiary/aromatic N) is 1. The number of piperidine rings is 1. The molecular weight excluding hydrogens is 208 g/mol. The van der Waals surface area contributed by atoms with Gasteiger partial charge >= 0.3 is 0 Å². The van der Waals surface area contributed by atoms with E-state index in [0.717, 1.165) is 6.04 Å². The predicted octanol–water partition coefficient (Wildman–Crippen LogP) is 3.42. The Morgan fingerprint density at radius 1 is 1.12 bits per heavy atom. The van der Waals surface area contributed by atoms with Crippen LogP contribution in [0.2, 0.25) is 0 Å². The van der Waals surface area contributed by atoms with Crippen LogP contribution in [0.3, 0.4) is 0 Å². The zero-order valence-electron chi connectivity index (χ0n) is 12.4. The summed E-state index contributed by atoms with van der Waals surface area (Å²) in [4.78, 5) is 2.68. The summed E-state index contributed by atoms with van der Waals surface area (Å²) in [5.74, 6) is 0. The van der Waals surface area contributed by atoms with E-state index in [9.17, 15) is 0 Å².